The zero-order valence-electron chi connectivity index (χ0n) is 14.2. The van der Waals surface area contributed by atoms with Gasteiger partial charge in [0, 0.05) is 13.1 Å². The smallest absolute Gasteiger partial charge is 0.414 e. The van der Waals surface area contributed by atoms with E-state index < -0.39 is 17.7 Å². The number of carbonyl (C=O) groups excluding carboxylic acids is 2. The van der Waals surface area contributed by atoms with Gasteiger partial charge in [-0.05, 0) is 27.7 Å². The molecular formula is C15H19ClN4O4. The first-order chi connectivity index (χ1) is 11.1. The van der Waals surface area contributed by atoms with Crippen LogP contribution in [0, 0.1) is 0 Å². The number of aromatic nitrogens is 3. The maximum absolute atomic E-state index is 12.3. The van der Waals surface area contributed by atoms with Crippen molar-refractivity contribution in [3.63, 3.8) is 0 Å². The van der Waals surface area contributed by atoms with Gasteiger partial charge in [-0.2, -0.15) is 5.10 Å². The van der Waals surface area contributed by atoms with Gasteiger partial charge in [0.15, 0.2) is 16.5 Å². The summed E-state index contributed by atoms with van der Waals surface area (Å²) >= 11 is 6.03. The lowest BCUT2D eigenvalue weighted by atomic mass is 10.2. The lowest BCUT2D eigenvalue weighted by Crippen LogP contribution is -2.34. The maximum Gasteiger partial charge on any atom is 0.414 e. The highest BCUT2D eigenvalue weighted by molar-refractivity contribution is 6.29. The Morgan fingerprint density at radius 1 is 1.38 bits per heavy atom. The van der Waals surface area contributed by atoms with Crippen LogP contribution in [0.5, 0.6) is 0 Å². The van der Waals surface area contributed by atoms with Gasteiger partial charge in [-0.15, -0.1) is 0 Å². The standard InChI is InChI=1S/C15H19ClN4O4/c1-6-23-13(21)10-8-17-12-9(7-11(16)18-20(10)12)19(5)14(22)24-15(2,3)4/h7-8H,6H2,1-5H3. The second-order valence-electron chi connectivity index (χ2n) is 5.99. The van der Waals surface area contributed by atoms with E-state index in [0.29, 0.717) is 5.69 Å². The number of esters is 1. The van der Waals surface area contributed by atoms with E-state index in [1.165, 1.54) is 28.7 Å². The van der Waals surface area contributed by atoms with Gasteiger partial charge in [0.25, 0.3) is 0 Å². The van der Waals surface area contributed by atoms with Crippen LogP contribution in [0.1, 0.15) is 38.2 Å². The molecule has 1 amide bonds. The van der Waals surface area contributed by atoms with Crippen LogP contribution in [-0.4, -0.2) is 45.9 Å². The van der Waals surface area contributed by atoms with E-state index in [-0.39, 0.29) is 23.1 Å². The number of halogens is 1. The minimum atomic E-state index is -0.649. The largest absolute Gasteiger partial charge is 0.461 e. The molecule has 2 heterocycles. The van der Waals surface area contributed by atoms with Gasteiger partial charge in [-0.1, -0.05) is 11.6 Å². The third kappa shape index (κ3) is 3.76. The van der Waals surface area contributed by atoms with E-state index >= 15 is 0 Å². The van der Waals surface area contributed by atoms with Gasteiger partial charge in [0.2, 0.25) is 0 Å². The summed E-state index contributed by atoms with van der Waals surface area (Å²) in [6.07, 6.45) is 0.746. The predicted octanol–water partition coefficient (Wildman–Crippen LogP) is 2.93. The van der Waals surface area contributed by atoms with Crippen LogP contribution in [-0.2, 0) is 9.47 Å². The van der Waals surface area contributed by atoms with Crippen molar-refractivity contribution in [2.24, 2.45) is 0 Å². The molecule has 0 aliphatic rings. The van der Waals surface area contributed by atoms with E-state index in [1.54, 1.807) is 27.7 Å². The zero-order chi connectivity index (χ0) is 18.1. The number of nitrogens with zero attached hydrogens (tertiary/aromatic N) is 4. The van der Waals surface area contributed by atoms with Crippen molar-refractivity contribution in [2.75, 3.05) is 18.6 Å². The molecule has 0 aromatic carbocycles. The molecule has 0 N–H and O–H groups in total. The number of fused-ring (bicyclic) bond motifs is 1. The molecule has 2 aromatic rings. The van der Waals surface area contributed by atoms with Crippen LogP contribution >= 0.6 is 11.6 Å². The van der Waals surface area contributed by atoms with E-state index in [9.17, 15) is 9.59 Å². The third-order valence-corrected chi connectivity index (χ3v) is 3.12. The second-order valence-corrected chi connectivity index (χ2v) is 6.38. The Bertz CT molecular complexity index is 782. The number of anilines is 1. The fraction of sp³-hybridized carbons (Fsp3) is 0.467. The van der Waals surface area contributed by atoms with Gasteiger partial charge in [0.1, 0.15) is 5.60 Å². The monoisotopic (exact) mass is 354 g/mol. The summed E-state index contributed by atoms with van der Waals surface area (Å²) in [5.41, 5.74) is 0.119. The Hall–Kier alpha value is -2.35. The Kier molecular flexibility index (Phi) is 4.98. The molecule has 0 saturated carbocycles. The molecule has 9 heteroatoms. The summed E-state index contributed by atoms with van der Waals surface area (Å²) < 4.78 is 11.5. The molecule has 0 radical (unpaired) electrons. The maximum atomic E-state index is 12.3. The summed E-state index contributed by atoms with van der Waals surface area (Å²) in [4.78, 5) is 29.6. The van der Waals surface area contributed by atoms with Gasteiger partial charge >= 0.3 is 12.1 Å². The predicted molar refractivity (Wildman–Crippen MR) is 88.6 cm³/mol. The van der Waals surface area contributed by atoms with Crippen LogP contribution in [0.4, 0.5) is 10.5 Å². The first-order valence-electron chi connectivity index (χ1n) is 7.32. The fourth-order valence-corrected chi connectivity index (χ4v) is 2.12. The number of hydrogen-bond donors (Lipinski definition) is 0. The molecule has 8 nitrogen and oxygen atoms in total. The molecule has 0 aliphatic heterocycles. The van der Waals surface area contributed by atoms with Crippen LogP contribution in [0.25, 0.3) is 5.65 Å². The van der Waals surface area contributed by atoms with Crippen molar-refractivity contribution in [1.82, 2.24) is 14.6 Å². The summed E-state index contributed by atoms with van der Waals surface area (Å²) in [6, 6.07) is 1.47. The van der Waals surface area contributed by atoms with Crippen molar-refractivity contribution >= 4 is 35.0 Å². The second kappa shape index (κ2) is 6.64. The Labute approximate surface area is 144 Å². The molecule has 2 aromatic heterocycles. The number of ether oxygens (including phenoxy) is 2. The lowest BCUT2D eigenvalue weighted by molar-refractivity contribution is 0.0516. The van der Waals surface area contributed by atoms with E-state index in [4.69, 9.17) is 21.1 Å². The van der Waals surface area contributed by atoms with E-state index in [1.807, 2.05) is 0 Å². The number of amides is 1. The Morgan fingerprint density at radius 2 is 2.04 bits per heavy atom. The first kappa shape index (κ1) is 18.0. The van der Waals surface area contributed by atoms with E-state index in [0.717, 1.165) is 0 Å². The number of carbonyl (C=O) groups is 2. The van der Waals surface area contributed by atoms with Crippen molar-refractivity contribution in [1.29, 1.82) is 0 Å². The number of rotatable bonds is 3. The molecule has 0 saturated heterocycles. The molecule has 24 heavy (non-hydrogen) atoms. The third-order valence-electron chi connectivity index (χ3n) is 2.93. The minimum absolute atomic E-state index is 0.0939. The van der Waals surface area contributed by atoms with Crippen molar-refractivity contribution in [3.05, 3.63) is 23.1 Å². The first-order valence-corrected chi connectivity index (χ1v) is 7.70. The fourth-order valence-electron chi connectivity index (χ4n) is 1.94. The molecule has 2 rings (SSSR count). The van der Waals surface area contributed by atoms with Gasteiger partial charge < -0.3 is 9.47 Å². The highest BCUT2D eigenvalue weighted by Gasteiger charge is 2.25. The summed E-state index contributed by atoms with van der Waals surface area (Å²) in [5, 5.41) is 4.15. The zero-order valence-corrected chi connectivity index (χ0v) is 14.9. The SMILES string of the molecule is CCOC(=O)c1cnc2c(N(C)C(=O)OC(C)(C)C)cc(Cl)nn12. The molecule has 0 unspecified atom stereocenters. The molecule has 0 spiro atoms. The van der Waals surface area contributed by atoms with Gasteiger partial charge in [-0.25, -0.2) is 19.1 Å². The quantitative estimate of drug-likeness (QED) is 0.788. The Morgan fingerprint density at radius 3 is 2.62 bits per heavy atom. The highest BCUT2D eigenvalue weighted by Crippen LogP contribution is 2.25. The normalized spacial score (nSPS) is 11.4. The van der Waals surface area contributed by atoms with Crippen LogP contribution in [0.3, 0.4) is 0 Å². The average Bonchev–Trinajstić information content (AvgIpc) is 2.87. The topological polar surface area (TPSA) is 86.0 Å². The molecular weight excluding hydrogens is 336 g/mol. The molecule has 0 fully saturated rings. The van der Waals surface area contributed by atoms with Gasteiger partial charge in [0.05, 0.1) is 18.5 Å². The summed E-state index contributed by atoms with van der Waals surface area (Å²) in [5.74, 6) is -0.578. The molecule has 130 valence electrons. The van der Waals surface area contributed by atoms with Gasteiger partial charge in [-0.3, -0.25) is 4.90 Å². The molecule has 0 aliphatic carbocycles. The highest BCUT2D eigenvalue weighted by atomic mass is 35.5. The van der Waals surface area contributed by atoms with Crippen LogP contribution in [0.2, 0.25) is 5.15 Å². The summed E-state index contributed by atoms with van der Waals surface area (Å²) in [7, 11) is 1.53. The number of hydrogen-bond acceptors (Lipinski definition) is 6. The lowest BCUT2D eigenvalue weighted by Gasteiger charge is -2.24. The van der Waals surface area contributed by atoms with Crippen LogP contribution < -0.4 is 4.90 Å². The Balaban J connectivity index is 2.48. The minimum Gasteiger partial charge on any atom is -0.461 e. The van der Waals surface area contributed by atoms with E-state index in [2.05, 4.69) is 10.1 Å². The number of imidazole rings is 1. The molecule has 0 atom stereocenters. The van der Waals surface area contributed by atoms with Crippen molar-refractivity contribution in [3.8, 4) is 0 Å². The summed E-state index contributed by atoms with van der Waals surface area (Å²) in [6.45, 7) is 7.22. The molecule has 0 bridgehead atoms. The van der Waals surface area contributed by atoms with Crippen LogP contribution in [0.15, 0.2) is 12.3 Å². The van der Waals surface area contributed by atoms with Crippen molar-refractivity contribution < 1.29 is 19.1 Å². The van der Waals surface area contributed by atoms with Crippen molar-refractivity contribution in [2.45, 2.75) is 33.3 Å². The average molecular weight is 355 g/mol.